The number of rotatable bonds is 28. The second-order valence-corrected chi connectivity index (χ2v) is 14.4. The highest BCUT2D eigenvalue weighted by Crippen LogP contribution is 2.36. The minimum atomic E-state index is -2.45. The molecule has 0 aliphatic rings. The second-order valence-electron chi connectivity index (χ2n) is 13.3. The molecule has 3 nitrogen and oxygen atoms in total. The van der Waals surface area contributed by atoms with Crippen molar-refractivity contribution in [2.45, 2.75) is 172 Å². The van der Waals surface area contributed by atoms with Crippen LogP contribution in [0, 0.1) is 47.3 Å². The minimum absolute atomic E-state index is 0.470. The Balaban J connectivity index is 5.01. The fourth-order valence-corrected chi connectivity index (χ4v) is 7.84. The molecule has 0 saturated heterocycles. The van der Waals surface area contributed by atoms with Gasteiger partial charge in [-0.3, -0.25) is 4.57 Å². The van der Waals surface area contributed by atoms with Crippen LogP contribution in [0.3, 0.4) is 0 Å². The lowest BCUT2D eigenvalue weighted by molar-refractivity contribution is 0.142. The summed E-state index contributed by atoms with van der Waals surface area (Å²) in [5.74, 6) is 5.73. The quantitative estimate of drug-likeness (QED) is 0.0855. The SMILES string of the molecule is CCC(CC)CC(CC(CC)CC)CC(CC)CO[PH](=O)OCC(CC)CC(CC(CC)CC)CC(CC)CC. The van der Waals surface area contributed by atoms with Crippen molar-refractivity contribution < 1.29 is 13.6 Å². The van der Waals surface area contributed by atoms with Gasteiger partial charge in [-0.2, -0.15) is 0 Å². The van der Waals surface area contributed by atoms with Crippen LogP contribution >= 0.6 is 8.25 Å². The third-order valence-corrected chi connectivity index (χ3v) is 11.5. The third kappa shape index (κ3) is 18.0. The molecule has 0 spiro atoms. The Kier molecular flexibility index (Phi) is 25.7. The summed E-state index contributed by atoms with van der Waals surface area (Å²) in [7, 11) is -2.45. The van der Waals surface area contributed by atoms with Crippen LogP contribution in [-0.2, 0) is 13.6 Å². The molecule has 0 heterocycles. The molecule has 0 aliphatic carbocycles. The normalized spacial score (nSPS) is 14.9. The highest BCUT2D eigenvalue weighted by atomic mass is 31.1. The van der Waals surface area contributed by atoms with E-state index < -0.39 is 8.25 Å². The van der Waals surface area contributed by atoms with Gasteiger partial charge in [0.2, 0.25) is 0 Å². The smallest absolute Gasteiger partial charge is 0.310 e. The van der Waals surface area contributed by atoms with Crippen LogP contribution in [0.15, 0.2) is 0 Å². The first-order valence-corrected chi connectivity index (χ1v) is 19.3. The van der Waals surface area contributed by atoms with Crippen LogP contribution in [-0.4, -0.2) is 13.2 Å². The molecule has 0 radical (unpaired) electrons. The molecule has 2 atom stereocenters. The Morgan fingerprint density at radius 2 is 0.550 bits per heavy atom. The Morgan fingerprint density at radius 1 is 0.350 bits per heavy atom. The van der Waals surface area contributed by atoms with E-state index in [4.69, 9.17) is 9.05 Å². The van der Waals surface area contributed by atoms with Crippen LogP contribution < -0.4 is 0 Å². The van der Waals surface area contributed by atoms with Gasteiger partial charge in [-0.25, -0.2) is 0 Å². The number of hydrogen-bond donors (Lipinski definition) is 0. The van der Waals surface area contributed by atoms with E-state index in [2.05, 4.69) is 69.2 Å². The highest BCUT2D eigenvalue weighted by Gasteiger charge is 2.24. The van der Waals surface area contributed by atoms with Crippen LogP contribution in [0.25, 0.3) is 0 Å². The van der Waals surface area contributed by atoms with Crippen molar-refractivity contribution in [2.24, 2.45) is 47.3 Å². The molecule has 0 aromatic heterocycles. The zero-order valence-electron chi connectivity index (χ0n) is 29.1. The summed E-state index contributed by atoms with van der Waals surface area (Å²) in [6.07, 6.45) is 20.1. The summed E-state index contributed by atoms with van der Waals surface area (Å²) in [5, 5.41) is 0. The molecule has 40 heavy (non-hydrogen) atoms. The van der Waals surface area contributed by atoms with Crippen LogP contribution in [0.2, 0.25) is 0 Å². The second kappa shape index (κ2) is 25.6. The monoisotopic (exact) mass is 587 g/mol. The Labute approximate surface area is 254 Å². The molecule has 0 aliphatic heterocycles. The van der Waals surface area contributed by atoms with Crippen molar-refractivity contribution in [2.75, 3.05) is 13.2 Å². The lowest BCUT2D eigenvalue weighted by Crippen LogP contribution is -2.19. The molecule has 4 heteroatoms. The molecule has 0 amide bonds. The van der Waals surface area contributed by atoms with Gasteiger partial charge in [-0.15, -0.1) is 0 Å². The van der Waals surface area contributed by atoms with Crippen molar-refractivity contribution in [1.82, 2.24) is 0 Å². The molecule has 0 aromatic rings. The summed E-state index contributed by atoms with van der Waals surface area (Å²) in [4.78, 5) is 0. The largest absolute Gasteiger partial charge is 0.319 e. The number of hydrogen-bond acceptors (Lipinski definition) is 3. The van der Waals surface area contributed by atoms with Crippen LogP contribution in [0.1, 0.15) is 172 Å². The Hall–Kier alpha value is 0.150. The summed E-state index contributed by atoms with van der Waals surface area (Å²) in [5.41, 5.74) is 0. The van der Waals surface area contributed by atoms with Gasteiger partial charge in [0.1, 0.15) is 0 Å². The fraction of sp³-hybridized carbons (Fsp3) is 1.00. The van der Waals surface area contributed by atoms with Crippen molar-refractivity contribution >= 4 is 8.25 Å². The van der Waals surface area contributed by atoms with Gasteiger partial charge in [0.15, 0.2) is 0 Å². The lowest BCUT2D eigenvalue weighted by atomic mass is 9.78. The predicted molar refractivity (Wildman–Crippen MR) is 179 cm³/mol. The standard InChI is InChI=1S/C36H75O3P/c1-11-29(12-2)21-35(22-30(13-3)14-4)25-33(19-9)27-38-40(37)39-28-34(20-10)26-36(23-31(15-5)16-6)24-32(17-7)18-8/h29-36,40H,11-28H2,1-10H3. The lowest BCUT2D eigenvalue weighted by Gasteiger charge is -2.29. The Bertz CT molecular complexity index is 490. The van der Waals surface area contributed by atoms with E-state index in [0.717, 1.165) is 48.3 Å². The van der Waals surface area contributed by atoms with Gasteiger partial charge in [-0.1, -0.05) is 133 Å². The van der Waals surface area contributed by atoms with Gasteiger partial charge in [0.05, 0.1) is 13.2 Å². The average molecular weight is 587 g/mol. The average Bonchev–Trinajstić information content (AvgIpc) is 2.98. The first-order chi connectivity index (χ1) is 19.3. The van der Waals surface area contributed by atoms with Gasteiger partial charge < -0.3 is 9.05 Å². The summed E-state index contributed by atoms with van der Waals surface area (Å²) < 4.78 is 24.7. The van der Waals surface area contributed by atoms with Gasteiger partial charge in [0, 0.05) is 0 Å². The molecule has 0 aromatic carbocycles. The fourth-order valence-electron chi connectivity index (χ4n) is 7.01. The van der Waals surface area contributed by atoms with Gasteiger partial charge >= 0.3 is 8.25 Å². The zero-order chi connectivity index (χ0) is 30.3. The summed E-state index contributed by atoms with van der Waals surface area (Å²) in [6.45, 7) is 24.4. The van der Waals surface area contributed by atoms with Crippen molar-refractivity contribution in [3.05, 3.63) is 0 Å². The van der Waals surface area contributed by atoms with Crippen molar-refractivity contribution in [3.63, 3.8) is 0 Å². The predicted octanol–water partition coefficient (Wildman–Crippen LogP) is 12.8. The first-order valence-electron chi connectivity index (χ1n) is 18.1. The van der Waals surface area contributed by atoms with E-state index in [1.54, 1.807) is 0 Å². The van der Waals surface area contributed by atoms with E-state index in [-0.39, 0.29) is 0 Å². The van der Waals surface area contributed by atoms with E-state index in [1.807, 2.05) is 0 Å². The molecule has 2 unspecified atom stereocenters. The molecule has 0 rings (SSSR count). The molecule has 0 saturated carbocycles. The van der Waals surface area contributed by atoms with Gasteiger partial charge in [0.25, 0.3) is 0 Å². The Morgan fingerprint density at radius 3 is 0.750 bits per heavy atom. The van der Waals surface area contributed by atoms with E-state index in [1.165, 1.54) is 89.9 Å². The maximum absolute atomic E-state index is 12.9. The topological polar surface area (TPSA) is 35.5 Å². The zero-order valence-corrected chi connectivity index (χ0v) is 30.1. The third-order valence-electron chi connectivity index (χ3n) is 10.6. The van der Waals surface area contributed by atoms with Crippen molar-refractivity contribution in [3.8, 4) is 0 Å². The first kappa shape index (κ1) is 40.1. The molecular weight excluding hydrogens is 511 g/mol. The van der Waals surface area contributed by atoms with Crippen LogP contribution in [0.4, 0.5) is 0 Å². The van der Waals surface area contributed by atoms with E-state index in [9.17, 15) is 4.57 Å². The van der Waals surface area contributed by atoms with Crippen LogP contribution in [0.5, 0.6) is 0 Å². The molecule has 0 fully saturated rings. The molecule has 0 N–H and O–H groups in total. The van der Waals surface area contributed by atoms with E-state index in [0.29, 0.717) is 25.0 Å². The van der Waals surface area contributed by atoms with Gasteiger partial charge in [-0.05, 0) is 85.9 Å². The molecule has 0 bridgehead atoms. The summed E-state index contributed by atoms with van der Waals surface area (Å²) in [6, 6.07) is 0. The summed E-state index contributed by atoms with van der Waals surface area (Å²) >= 11 is 0. The molecule has 242 valence electrons. The van der Waals surface area contributed by atoms with Crippen molar-refractivity contribution in [1.29, 1.82) is 0 Å². The maximum atomic E-state index is 12.9. The van der Waals surface area contributed by atoms with E-state index >= 15 is 0 Å². The maximum Gasteiger partial charge on any atom is 0.319 e. The minimum Gasteiger partial charge on any atom is -0.310 e. The highest BCUT2D eigenvalue weighted by molar-refractivity contribution is 7.33. The molecular formula is C36H75O3P.